The van der Waals surface area contributed by atoms with E-state index in [9.17, 15) is 0 Å². The van der Waals surface area contributed by atoms with Crippen LogP contribution in [0.2, 0.25) is 0 Å². The zero-order valence-electron chi connectivity index (χ0n) is 12.0. The molecule has 102 valence electrons. The Kier molecular flexibility index (Phi) is 5.10. The fourth-order valence-electron chi connectivity index (χ4n) is 1.63. The average molecular weight is 316 g/mol. The minimum absolute atomic E-state index is 0.0476. The second-order valence-electron chi connectivity index (χ2n) is 5.19. The summed E-state index contributed by atoms with van der Waals surface area (Å²) < 4.78 is 6.49. The summed E-state index contributed by atoms with van der Waals surface area (Å²) in [6, 6.07) is 0. The summed E-state index contributed by atoms with van der Waals surface area (Å²) in [6.07, 6.45) is -0.101. The molecule has 0 fully saturated rings. The molecule has 0 aliphatic heterocycles. The first-order valence-corrected chi connectivity index (χ1v) is 6.97. The fraction of sp³-hybridized carbons (Fsp3) is 0.692. The molecule has 1 N–H and O–H groups in total. The largest absolute Gasteiger partial charge is 0.372 e. The molecule has 18 heavy (non-hydrogen) atoms. The van der Waals surface area contributed by atoms with Gasteiger partial charge < -0.3 is 10.1 Å². The van der Waals surface area contributed by atoms with E-state index >= 15 is 0 Å². The third-order valence-electron chi connectivity index (χ3n) is 2.60. The highest BCUT2D eigenvalue weighted by Crippen LogP contribution is 2.33. The van der Waals surface area contributed by atoms with Crippen molar-refractivity contribution in [3.63, 3.8) is 0 Å². The van der Waals surface area contributed by atoms with E-state index in [-0.39, 0.29) is 11.5 Å². The van der Waals surface area contributed by atoms with Crippen molar-refractivity contribution in [1.82, 2.24) is 9.97 Å². The van der Waals surface area contributed by atoms with Crippen LogP contribution in [-0.2, 0) is 10.2 Å². The van der Waals surface area contributed by atoms with Crippen LogP contribution in [0, 0.1) is 0 Å². The molecule has 0 aliphatic rings. The van der Waals surface area contributed by atoms with E-state index in [0.717, 1.165) is 16.0 Å². The van der Waals surface area contributed by atoms with E-state index in [2.05, 4.69) is 52.0 Å². The molecule has 0 spiro atoms. The molecule has 1 unspecified atom stereocenters. The summed E-state index contributed by atoms with van der Waals surface area (Å²) >= 11 is 3.57. The zero-order valence-corrected chi connectivity index (χ0v) is 13.6. The van der Waals surface area contributed by atoms with Gasteiger partial charge in [0.25, 0.3) is 0 Å². The van der Waals surface area contributed by atoms with Crippen LogP contribution in [0.25, 0.3) is 0 Å². The lowest BCUT2D eigenvalue weighted by molar-refractivity contribution is 0.0698. The van der Waals surface area contributed by atoms with Crippen LogP contribution < -0.4 is 5.32 Å². The molecule has 0 radical (unpaired) electrons. The second kappa shape index (κ2) is 5.97. The van der Waals surface area contributed by atoms with E-state index in [1.54, 1.807) is 0 Å². The molecule has 0 bridgehead atoms. The minimum Gasteiger partial charge on any atom is -0.372 e. The quantitative estimate of drug-likeness (QED) is 0.920. The third-order valence-corrected chi connectivity index (χ3v) is 3.35. The smallest absolute Gasteiger partial charge is 0.159 e. The van der Waals surface area contributed by atoms with Gasteiger partial charge in [0.05, 0.1) is 10.2 Å². The van der Waals surface area contributed by atoms with Crippen LogP contribution in [-0.4, -0.2) is 23.6 Å². The number of aromatic nitrogens is 2. The SMILES string of the molecule is CCOC(C)c1nc(NC)c(Br)c(C(C)(C)C)n1. The van der Waals surface area contributed by atoms with Crippen molar-refractivity contribution in [3.05, 3.63) is 16.0 Å². The number of nitrogens with zero attached hydrogens (tertiary/aromatic N) is 2. The lowest BCUT2D eigenvalue weighted by Gasteiger charge is -2.23. The van der Waals surface area contributed by atoms with Crippen LogP contribution in [0.5, 0.6) is 0 Å². The van der Waals surface area contributed by atoms with Crippen LogP contribution in [0.15, 0.2) is 4.47 Å². The monoisotopic (exact) mass is 315 g/mol. The highest BCUT2D eigenvalue weighted by atomic mass is 79.9. The number of ether oxygens (including phenoxy) is 1. The number of hydrogen-bond acceptors (Lipinski definition) is 4. The topological polar surface area (TPSA) is 47.0 Å². The number of nitrogens with one attached hydrogen (secondary N) is 1. The lowest BCUT2D eigenvalue weighted by atomic mass is 9.92. The maximum absolute atomic E-state index is 5.57. The number of rotatable bonds is 4. The lowest BCUT2D eigenvalue weighted by Crippen LogP contribution is -2.19. The Bertz CT molecular complexity index is 415. The zero-order chi connectivity index (χ0) is 13.9. The standard InChI is InChI=1S/C13H22BrN3O/c1-7-18-8(2)11-16-10(13(3,4)5)9(14)12(15-6)17-11/h8H,7H2,1-6H3,(H,15,16,17). The van der Waals surface area contributed by atoms with Gasteiger partial charge in [-0.2, -0.15) is 0 Å². The second-order valence-corrected chi connectivity index (χ2v) is 5.98. The van der Waals surface area contributed by atoms with Gasteiger partial charge in [0.1, 0.15) is 11.9 Å². The van der Waals surface area contributed by atoms with Gasteiger partial charge in [-0.1, -0.05) is 20.8 Å². The van der Waals surface area contributed by atoms with Gasteiger partial charge in [-0.3, -0.25) is 0 Å². The van der Waals surface area contributed by atoms with Crippen molar-refractivity contribution in [3.8, 4) is 0 Å². The van der Waals surface area contributed by atoms with E-state index in [4.69, 9.17) is 4.74 Å². The summed E-state index contributed by atoms with van der Waals surface area (Å²) in [5.74, 6) is 1.52. The Hall–Kier alpha value is -0.680. The van der Waals surface area contributed by atoms with Gasteiger partial charge >= 0.3 is 0 Å². The molecule has 5 heteroatoms. The predicted molar refractivity (Wildman–Crippen MR) is 78.0 cm³/mol. The predicted octanol–water partition coefficient (Wildman–Crippen LogP) is 3.68. The summed E-state index contributed by atoms with van der Waals surface area (Å²) in [7, 11) is 1.86. The molecule has 1 aromatic rings. The molecule has 1 heterocycles. The van der Waals surface area contributed by atoms with Crippen molar-refractivity contribution in [2.45, 2.75) is 46.1 Å². The maximum Gasteiger partial charge on any atom is 0.159 e. The van der Waals surface area contributed by atoms with E-state index in [1.165, 1.54) is 0 Å². The molecule has 1 atom stereocenters. The summed E-state index contributed by atoms with van der Waals surface area (Å²) in [5.41, 5.74) is 0.942. The minimum atomic E-state index is -0.101. The molecule has 0 amide bonds. The van der Waals surface area contributed by atoms with Crippen LogP contribution >= 0.6 is 15.9 Å². The highest BCUT2D eigenvalue weighted by molar-refractivity contribution is 9.10. The Morgan fingerprint density at radius 2 is 1.94 bits per heavy atom. The first-order valence-electron chi connectivity index (χ1n) is 6.18. The molecule has 0 saturated carbocycles. The van der Waals surface area contributed by atoms with Gasteiger partial charge in [0.15, 0.2) is 5.82 Å². The Labute approximate surface area is 118 Å². The Morgan fingerprint density at radius 1 is 1.33 bits per heavy atom. The van der Waals surface area contributed by atoms with Gasteiger partial charge in [-0.25, -0.2) is 9.97 Å². The molecule has 1 aromatic heterocycles. The molecular weight excluding hydrogens is 294 g/mol. The Morgan fingerprint density at radius 3 is 2.39 bits per heavy atom. The number of hydrogen-bond donors (Lipinski definition) is 1. The van der Waals surface area contributed by atoms with Gasteiger partial charge in [-0.15, -0.1) is 0 Å². The summed E-state index contributed by atoms with van der Waals surface area (Å²) in [6.45, 7) is 11.0. The molecule has 1 rings (SSSR count). The normalized spacial score (nSPS) is 13.5. The highest BCUT2D eigenvalue weighted by Gasteiger charge is 2.24. The van der Waals surface area contributed by atoms with Crippen molar-refractivity contribution in [2.75, 3.05) is 19.0 Å². The van der Waals surface area contributed by atoms with Crippen molar-refractivity contribution >= 4 is 21.7 Å². The van der Waals surface area contributed by atoms with Crippen LogP contribution in [0.3, 0.4) is 0 Å². The van der Waals surface area contributed by atoms with E-state index < -0.39 is 0 Å². The molecule has 0 aromatic carbocycles. The summed E-state index contributed by atoms with van der Waals surface area (Å²) in [4.78, 5) is 9.14. The first-order chi connectivity index (χ1) is 8.31. The Balaban J connectivity index is 3.31. The third kappa shape index (κ3) is 3.42. The van der Waals surface area contributed by atoms with Crippen LogP contribution in [0.4, 0.5) is 5.82 Å². The van der Waals surface area contributed by atoms with Crippen molar-refractivity contribution < 1.29 is 4.74 Å². The van der Waals surface area contributed by atoms with Gasteiger partial charge in [0.2, 0.25) is 0 Å². The number of halogens is 1. The molecule has 4 nitrogen and oxygen atoms in total. The average Bonchev–Trinajstić information content (AvgIpc) is 2.28. The molecule has 0 aliphatic carbocycles. The number of anilines is 1. The van der Waals surface area contributed by atoms with Crippen LogP contribution in [0.1, 0.15) is 52.2 Å². The summed E-state index contributed by atoms with van der Waals surface area (Å²) in [5, 5.41) is 3.09. The van der Waals surface area contributed by atoms with Crippen molar-refractivity contribution in [2.24, 2.45) is 0 Å². The van der Waals surface area contributed by atoms with E-state index in [0.29, 0.717) is 12.4 Å². The van der Waals surface area contributed by atoms with Crippen molar-refractivity contribution in [1.29, 1.82) is 0 Å². The van der Waals surface area contributed by atoms with Gasteiger partial charge in [-0.05, 0) is 29.8 Å². The fourth-order valence-corrected chi connectivity index (χ4v) is 2.60. The molecular formula is C13H22BrN3O. The maximum atomic E-state index is 5.57. The van der Waals surface area contributed by atoms with Gasteiger partial charge in [0, 0.05) is 19.1 Å². The van der Waals surface area contributed by atoms with E-state index in [1.807, 2.05) is 20.9 Å². The first kappa shape index (κ1) is 15.4. The molecule has 0 saturated heterocycles.